The van der Waals surface area contributed by atoms with E-state index in [0.717, 1.165) is 98.7 Å². The predicted molar refractivity (Wildman–Crippen MR) is 168 cm³/mol. The maximum Gasteiger partial charge on any atom is 0.137 e. The first-order chi connectivity index (χ1) is 20.3. The summed E-state index contributed by atoms with van der Waals surface area (Å²) in [7, 11) is 0. The van der Waals surface area contributed by atoms with Crippen molar-refractivity contribution in [3.05, 3.63) is 97.0 Å². The van der Waals surface area contributed by atoms with Crippen LogP contribution in [0, 0.1) is 5.92 Å². The molecule has 210 valence electrons. The van der Waals surface area contributed by atoms with Crippen LogP contribution in [0.3, 0.4) is 0 Å². The zero-order valence-electron chi connectivity index (χ0n) is 23.5. The number of nitrogens with one attached hydrogen (secondary N) is 2. The van der Waals surface area contributed by atoms with Crippen molar-refractivity contribution in [3.63, 3.8) is 0 Å². The van der Waals surface area contributed by atoms with E-state index in [2.05, 4.69) is 91.1 Å². The molecule has 6 rings (SSSR count). The topological polar surface area (TPSA) is 75.2 Å². The number of fused-ring (bicyclic) bond motifs is 2. The Morgan fingerprint density at radius 2 is 1.68 bits per heavy atom. The van der Waals surface area contributed by atoms with Gasteiger partial charge in [0.2, 0.25) is 0 Å². The van der Waals surface area contributed by atoms with Crippen molar-refractivity contribution in [1.82, 2.24) is 19.9 Å². The third-order valence-corrected chi connectivity index (χ3v) is 7.97. The van der Waals surface area contributed by atoms with Crippen molar-refractivity contribution >= 4 is 33.3 Å². The highest BCUT2D eigenvalue weighted by Gasteiger charge is 2.19. The fourth-order valence-corrected chi connectivity index (χ4v) is 5.61. The van der Waals surface area contributed by atoms with Crippen molar-refractivity contribution in [2.45, 2.75) is 25.7 Å². The molecule has 0 atom stereocenters. The summed E-state index contributed by atoms with van der Waals surface area (Å²) < 4.78 is 6.24. The Morgan fingerprint density at radius 3 is 2.59 bits per heavy atom. The lowest BCUT2D eigenvalue weighted by Gasteiger charge is -2.32. The quantitative estimate of drug-likeness (QED) is 0.175. The molecular weight excluding hydrogens is 508 g/mol. The average molecular weight is 547 g/mol. The summed E-state index contributed by atoms with van der Waals surface area (Å²) in [6.07, 6.45) is 7.89. The highest BCUT2D eigenvalue weighted by atomic mass is 16.5. The average Bonchev–Trinajstić information content (AvgIpc) is 3.03. The lowest BCUT2D eigenvalue weighted by Crippen LogP contribution is -2.38. The van der Waals surface area contributed by atoms with Crippen molar-refractivity contribution in [2.24, 2.45) is 5.92 Å². The van der Waals surface area contributed by atoms with Crippen LogP contribution in [0.1, 0.15) is 24.8 Å². The van der Waals surface area contributed by atoms with E-state index in [1.165, 1.54) is 10.9 Å². The number of hydrogen-bond donors (Lipinski definition) is 2. The highest BCUT2D eigenvalue weighted by molar-refractivity contribution is 5.91. The van der Waals surface area contributed by atoms with Gasteiger partial charge in [-0.2, -0.15) is 0 Å². The van der Waals surface area contributed by atoms with Gasteiger partial charge >= 0.3 is 0 Å². The number of anilines is 2. The number of nitrogens with zero attached hydrogens (tertiary/aromatic N) is 4. The summed E-state index contributed by atoms with van der Waals surface area (Å²) in [5.41, 5.74) is 4.46. The minimum Gasteiger partial charge on any atom is -0.493 e. The molecule has 3 heterocycles. The smallest absolute Gasteiger partial charge is 0.137 e. The number of ether oxygens (including phenoxy) is 1. The van der Waals surface area contributed by atoms with Crippen LogP contribution in [0.4, 0.5) is 11.5 Å². The van der Waals surface area contributed by atoms with E-state index in [4.69, 9.17) is 4.74 Å². The van der Waals surface area contributed by atoms with Gasteiger partial charge in [0.05, 0.1) is 17.6 Å². The van der Waals surface area contributed by atoms with Crippen LogP contribution in [-0.4, -0.2) is 59.2 Å². The molecule has 0 spiro atoms. The number of hydrogen-bond acceptors (Lipinski definition) is 7. The Bertz CT molecular complexity index is 1550. The minimum atomic E-state index is 0.575. The van der Waals surface area contributed by atoms with Gasteiger partial charge in [-0.15, -0.1) is 0 Å². The third kappa shape index (κ3) is 7.11. The SMILES string of the molecule is c1ccc(CCCNc2ncnc3cc(OCC4CCN(CCNc5cccc6ncccc56)CC4)ccc23)cc1. The number of likely N-dealkylation sites (tertiary alicyclic amines) is 1. The minimum absolute atomic E-state index is 0.575. The lowest BCUT2D eigenvalue weighted by atomic mass is 9.98. The number of rotatable bonds is 12. The standard InChI is InChI=1S/C34H38N6O/c1-2-7-26(8-3-1)9-5-18-37-34-30-14-13-28(23-33(30)38-25-39-34)41-24-27-15-20-40(21-16-27)22-19-36-32-12-4-11-31-29(32)10-6-17-35-31/h1-4,6-8,10-14,17,23,25,27,36H,5,9,15-16,18-22,24H2,(H,37,38,39). The van der Waals surface area contributed by atoms with E-state index in [-0.39, 0.29) is 0 Å². The molecule has 2 aromatic heterocycles. The van der Waals surface area contributed by atoms with Crippen molar-refractivity contribution in [3.8, 4) is 5.75 Å². The summed E-state index contributed by atoms with van der Waals surface area (Å²) in [6.45, 7) is 5.80. The summed E-state index contributed by atoms with van der Waals surface area (Å²) in [5, 5.41) is 9.31. The Kier molecular flexibility index (Phi) is 8.82. The summed E-state index contributed by atoms with van der Waals surface area (Å²) in [4.78, 5) is 16.0. The fourth-order valence-electron chi connectivity index (χ4n) is 5.61. The molecule has 7 nitrogen and oxygen atoms in total. The second kappa shape index (κ2) is 13.4. The van der Waals surface area contributed by atoms with Gasteiger partial charge in [-0.3, -0.25) is 4.98 Å². The van der Waals surface area contributed by atoms with E-state index in [0.29, 0.717) is 5.92 Å². The van der Waals surface area contributed by atoms with E-state index in [1.807, 2.05) is 24.4 Å². The normalized spacial score (nSPS) is 14.3. The van der Waals surface area contributed by atoms with Gasteiger partial charge < -0.3 is 20.3 Å². The number of piperidine rings is 1. The molecule has 41 heavy (non-hydrogen) atoms. The van der Waals surface area contributed by atoms with Gasteiger partial charge in [0.1, 0.15) is 17.9 Å². The number of pyridine rings is 1. The van der Waals surface area contributed by atoms with Crippen LogP contribution in [0.15, 0.2) is 91.4 Å². The van der Waals surface area contributed by atoms with Gasteiger partial charge in [0, 0.05) is 48.4 Å². The summed E-state index contributed by atoms with van der Waals surface area (Å²) in [5.74, 6) is 2.34. The van der Waals surface area contributed by atoms with E-state index in [9.17, 15) is 0 Å². The molecule has 1 aliphatic rings. The maximum atomic E-state index is 6.24. The Labute approximate surface area is 242 Å². The van der Waals surface area contributed by atoms with Crippen LogP contribution in [0.2, 0.25) is 0 Å². The first-order valence-electron chi connectivity index (χ1n) is 14.8. The lowest BCUT2D eigenvalue weighted by molar-refractivity contribution is 0.145. The predicted octanol–water partition coefficient (Wildman–Crippen LogP) is 6.43. The molecule has 1 saturated heterocycles. The molecule has 2 N–H and O–H groups in total. The van der Waals surface area contributed by atoms with Crippen LogP contribution in [0.5, 0.6) is 5.75 Å². The molecule has 0 saturated carbocycles. The second-order valence-corrected chi connectivity index (χ2v) is 10.8. The molecular formula is C34H38N6O. The molecule has 3 aromatic carbocycles. The first kappa shape index (κ1) is 27.0. The molecule has 0 aliphatic carbocycles. The Balaban J connectivity index is 0.931. The second-order valence-electron chi connectivity index (χ2n) is 10.8. The molecule has 1 aliphatic heterocycles. The zero-order valence-corrected chi connectivity index (χ0v) is 23.5. The monoisotopic (exact) mass is 546 g/mol. The number of aromatic nitrogens is 3. The molecule has 7 heteroatoms. The van der Waals surface area contributed by atoms with E-state index >= 15 is 0 Å². The van der Waals surface area contributed by atoms with E-state index < -0.39 is 0 Å². The third-order valence-electron chi connectivity index (χ3n) is 7.97. The summed E-state index contributed by atoms with van der Waals surface area (Å²) in [6, 6.07) is 27.1. The Morgan fingerprint density at radius 1 is 0.780 bits per heavy atom. The van der Waals surface area contributed by atoms with Crippen LogP contribution >= 0.6 is 0 Å². The van der Waals surface area contributed by atoms with Crippen LogP contribution < -0.4 is 15.4 Å². The van der Waals surface area contributed by atoms with Gasteiger partial charge in [0.15, 0.2) is 0 Å². The van der Waals surface area contributed by atoms with Gasteiger partial charge in [-0.1, -0.05) is 36.4 Å². The van der Waals surface area contributed by atoms with Crippen molar-refractivity contribution < 1.29 is 4.74 Å². The van der Waals surface area contributed by atoms with Gasteiger partial charge in [-0.25, -0.2) is 9.97 Å². The molecule has 0 unspecified atom stereocenters. The maximum absolute atomic E-state index is 6.24. The molecule has 1 fully saturated rings. The van der Waals surface area contributed by atoms with Gasteiger partial charge in [0.25, 0.3) is 0 Å². The van der Waals surface area contributed by atoms with Crippen molar-refractivity contribution in [2.75, 3.05) is 50.0 Å². The largest absolute Gasteiger partial charge is 0.493 e. The fraction of sp³-hybridized carbons (Fsp3) is 0.324. The summed E-state index contributed by atoms with van der Waals surface area (Å²) >= 11 is 0. The van der Waals surface area contributed by atoms with Crippen molar-refractivity contribution in [1.29, 1.82) is 0 Å². The van der Waals surface area contributed by atoms with Crippen LogP contribution in [-0.2, 0) is 6.42 Å². The van der Waals surface area contributed by atoms with Gasteiger partial charge in [-0.05, 0) is 86.7 Å². The zero-order chi connectivity index (χ0) is 27.7. The molecule has 5 aromatic rings. The molecule has 0 amide bonds. The molecule has 0 radical (unpaired) electrons. The first-order valence-corrected chi connectivity index (χ1v) is 14.8. The van der Waals surface area contributed by atoms with Crippen LogP contribution in [0.25, 0.3) is 21.8 Å². The number of benzene rings is 3. The highest BCUT2D eigenvalue weighted by Crippen LogP contribution is 2.26. The number of aryl methyl sites for hydroxylation is 1. The Hall–Kier alpha value is -4.23. The molecule has 0 bridgehead atoms. The van der Waals surface area contributed by atoms with E-state index in [1.54, 1.807) is 6.33 Å².